The Morgan fingerprint density at radius 3 is 2.48 bits per heavy atom. The summed E-state index contributed by atoms with van der Waals surface area (Å²) in [6.45, 7) is 0. The minimum atomic E-state index is -0.689. The number of aliphatic carboxylic acids is 2. The van der Waals surface area contributed by atoms with Crippen molar-refractivity contribution in [1.82, 2.24) is 0 Å². The monoisotopic (exact) mass is 292 g/mol. The Hall–Kier alpha value is -1.06. The fourth-order valence-corrected chi connectivity index (χ4v) is 6.91. The molecule has 0 heterocycles. The summed E-state index contributed by atoms with van der Waals surface area (Å²) >= 11 is 0. The summed E-state index contributed by atoms with van der Waals surface area (Å²) in [6.07, 6.45) is 8.03. The van der Waals surface area contributed by atoms with Gasteiger partial charge in [0, 0.05) is 6.42 Å². The van der Waals surface area contributed by atoms with Gasteiger partial charge < -0.3 is 10.2 Å². The Labute approximate surface area is 124 Å². The predicted molar refractivity (Wildman–Crippen MR) is 75.6 cm³/mol. The van der Waals surface area contributed by atoms with Gasteiger partial charge in [0.05, 0.1) is 5.92 Å². The molecule has 0 aromatic rings. The van der Waals surface area contributed by atoms with E-state index in [1.54, 1.807) is 0 Å². The molecule has 7 atom stereocenters. The van der Waals surface area contributed by atoms with Gasteiger partial charge in [-0.25, -0.2) is 0 Å². The maximum absolute atomic E-state index is 11.8. The second-order valence-electron chi connectivity index (χ2n) is 8.15. The van der Waals surface area contributed by atoms with Crippen molar-refractivity contribution in [2.45, 2.75) is 51.4 Å². The summed E-state index contributed by atoms with van der Waals surface area (Å²) in [5, 5.41) is 18.8. The third kappa shape index (κ3) is 1.87. The molecule has 4 rings (SSSR count). The highest BCUT2D eigenvalue weighted by Gasteiger charge is 2.63. The highest BCUT2D eigenvalue weighted by Crippen LogP contribution is 2.69. The molecule has 4 heteroatoms. The van der Waals surface area contributed by atoms with E-state index in [0.29, 0.717) is 29.6 Å². The quantitative estimate of drug-likeness (QED) is 0.835. The lowest BCUT2D eigenvalue weighted by molar-refractivity contribution is -0.149. The molecule has 0 saturated heterocycles. The van der Waals surface area contributed by atoms with Crippen LogP contribution in [0.3, 0.4) is 0 Å². The fourth-order valence-electron chi connectivity index (χ4n) is 6.91. The van der Waals surface area contributed by atoms with Gasteiger partial charge >= 0.3 is 11.9 Å². The van der Waals surface area contributed by atoms with Crippen molar-refractivity contribution in [3.63, 3.8) is 0 Å². The lowest BCUT2D eigenvalue weighted by Crippen LogP contribution is -2.40. The standard InChI is InChI=1S/C17H24O4/c18-13(19)6-12-8-17(4-3-11(12)7-17)15-10-2-1-9(5-10)14(15)16(20)21/h9-12,14-15H,1-8H2,(H,18,19)(H,20,21). The van der Waals surface area contributed by atoms with Crippen molar-refractivity contribution in [2.75, 3.05) is 0 Å². The van der Waals surface area contributed by atoms with Gasteiger partial charge in [-0.2, -0.15) is 0 Å². The maximum Gasteiger partial charge on any atom is 0.307 e. The summed E-state index contributed by atoms with van der Waals surface area (Å²) in [6, 6.07) is 0. The molecule has 0 radical (unpaired) electrons. The normalized spacial score (nSPS) is 50.7. The number of fused-ring (bicyclic) bond motifs is 4. The van der Waals surface area contributed by atoms with Crippen LogP contribution in [0.25, 0.3) is 0 Å². The van der Waals surface area contributed by atoms with Crippen LogP contribution < -0.4 is 0 Å². The van der Waals surface area contributed by atoms with Crippen molar-refractivity contribution in [3.8, 4) is 0 Å². The number of hydrogen-bond acceptors (Lipinski definition) is 2. The number of carbonyl (C=O) groups is 2. The topological polar surface area (TPSA) is 74.6 Å². The maximum atomic E-state index is 11.8. The molecule has 0 aliphatic heterocycles. The average molecular weight is 292 g/mol. The van der Waals surface area contributed by atoms with Crippen LogP contribution in [0.5, 0.6) is 0 Å². The van der Waals surface area contributed by atoms with E-state index >= 15 is 0 Å². The number of carboxylic acid groups (broad SMARTS) is 2. The van der Waals surface area contributed by atoms with E-state index in [2.05, 4.69) is 0 Å². The second kappa shape index (κ2) is 4.47. The molecule has 4 bridgehead atoms. The number of carboxylic acids is 2. The summed E-state index contributed by atoms with van der Waals surface area (Å²) in [5.41, 5.74) is 0.160. The zero-order chi connectivity index (χ0) is 14.8. The van der Waals surface area contributed by atoms with E-state index in [9.17, 15) is 14.7 Å². The Morgan fingerprint density at radius 1 is 1.00 bits per heavy atom. The van der Waals surface area contributed by atoms with Gasteiger partial charge in [-0.1, -0.05) is 0 Å². The molecule has 4 saturated carbocycles. The lowest BCUT2D eigenvalue weighted by Gasteiger charge is -2.43. The van der Waals surface area contributed by atoms with Crippen LogP contribution in [0.1, 0.15) is 51.4 Å². The summed E-state index contributed by atoms with van der Waals surface area (Å²) in [5.74, 6) is 0.725. The smallest absolute Gasteiger partial charge is 0.307 e. The Kier molecular flexibility index (Phi) is 2.89. The molecule has 2 N–H and O–H groups in total. The molecule has 0 spiro atoms. The zero-order valence-electron chi connectivity index (χ0n) is 12.3. The van der Waals surface area contributed by atoms with E-state index in [-0.39, 0.29) is 17.8 Å². The Morgan fingerprint density at radius 2 is 1.76 bits per heavy atom. The van der Waals surface area contributed by atoms with E-state index in [0.717, 1.165) is 38.5 Å². The van der Waals surface area contributed by atoms with E-state index < -0.39 is 11.9 Å². The molecule has 0 amide bonds. The molecule has 4 fully saturated rings. The molecule has 116 valence electrons. The summed E-state index contributed by atoms with van der Waals surface area (Å²) in [7, 11) is 0. The van der Waals surface area contributed by atoms with Crippen LogP contribution in [-0.4, -0.2) is 22.2 Å². The Balaban J connectivity index is 1.61. The van der Waals surface area contributed by atoms with Crippen LogP contribution in [0, 0.1) is 40.9 Å². The zero-order valence-corrected chi connectivity index (χ0v) is 12.3. The van der Waals surface area contributed by atoms with Gasteiger partial charge in [0.25, 0.3) is 0 Å². The van der Waals surface area contributed by atoms with Crippen LogP contribution in [0.15, 0.2) is 0 Å². The van der Waals surface area contributed by atoms with Crippen molar-refractivity contribution in [3.05, 3.63) is 0 Å². The van der Waals surface area contributed by atoms with Crippen molar-refractivity contribution < 1.29 is 19.8 Å². The van der Waals surface area contributed by atoms with E-state index in [4.69, 9.17) is 5.11 Å². The van der Waals surface area contributed by atoms with Gasteiger partial charge in [0.2, 0.25) is 0 Å². The molecule has 4 nitrogen and oxygen atoms in total. The molecular formula is C17H24O4. The van der Waals surface area contributed by atoms with Crippen molar-refractivity contribution >= 4 is 11.9 Å². The number of hydrogen-bond donors (Lipinski definition) is 2. The second-order valence-corrected chi connectivity index (χ2v) is 8.15. The minimum Gasteiger partial charge on any atom is -0.481 e. The first-order chi connectivity index (χ1) is 10.00. The van der Waals surface area contributed by atoms with Crippen LogP contribution in [-0.2, 0) is 9.59 Å². The lowest BCUT2D eigenvalue weighted by atomic mass is 9.61. The predicted octanol–water partition coefficient (Wildman–Crippen LogP) is 3.01. The molecule has 4 aliphatic rings. The van der Waals surface area contributed by atoms with Gasteiger partial charge in [0.15, 0.2) is 0 Å². The van der Waals surface area contributed by atoms with Gasteiger partial charge in [-0.15, -0.1) is 0 Å². The van der Waals surface area contributed by atoms with E-state index in [1.165, 1.54) is 6.42 Å². The first kappa shape index (κ1) is 13.6. The molecule has 7 unspecified atom stereocenters. The molecule has 0 aromatic heterocycles. The SMILES string of the molecule is O=C(O)CC1CC2(C3C4CCC(C4)C3C(=O)O)CCC1C2. The average Bonchev–Trinajstić information content (AvgIpc) is 3.15. The van der Waals surface area contributed by atoms with Gasteiger partial charge in [-0.3, -0.25) is 9.59 Å². The fraction of sp³-hybridized carbons (Fsp3) is 0.882. The molecular weight excluding hydrogens is 268 g/mol. The van der Waals surface area contributed by atoms with Crippen LogP contribution in [0.4, 0.5) is 0 Å². The summed E-state index contributed by atoms with van der Waals surface area (Å²) in [4.78, 5) is 22.9. The molecule has 21 heavy (non-hydrogen) atoms. The Bertz CT molecular complexity index is 487. The van der Waals surface area contributed by atoms with Crippen molar-refractivity contribution in [2.24, 2.45) is 40.9 Å². The van der Waals surface area contributed by atoms with Gasteiger partial charge in [0.1, 0.15) is 0 Å². The molecule has 0 aromatic carbocycles. The largest absolute Gasteiger partial charge is 0.481 e. The summed E-state index contributed by atoms with van der Waals surface area (Å²) < 4.78 is 0. The highest BCUT2D eigenvalue weighted by atomic mass is 16.4. The third-order valence-electron chi connectivity index (χ3n) is 7.36. The number of rotatable bonds is 4. The van der Waals surface area contributed by atoms with E-state index in [1.807, 2.05) is 0 Å². The molecule has 4 aliphatic carbocycles. The van der Waals surface area contributed by atoms with Crippen LogP contribution >= 0.6 is 0 Å². The first-order valence-corrected chi connectivity index (χ1v) is 8.45. The minimum absolute atomic E-state index is 0.147. The van der Waals surface area contributed by atoms with Crippen LogP contribution in [0.2, 0.25) is 0 Å². The first-order valence-electron chi connectivity index (χ1n) is 8.45. The van der Waals surface area contributed by atoms with Gasteiger partial charge in [-0.05, 0) is 80.0 Å². The third-order valence-corrected chi connectivity index (χ3v) is 7.36. The van der Waals surface area contributed by atoms with Crippen molar-refractivity contribution in [1.29, 1.82) is 0 Å². The highest BCUT2D eigenvalue weighted by molar-refractivity contribution is 5.72.